The third-order valence-electron chi connectivity index (χ3n) is 0. The Morgan fingerprint density at radius 2 is 1.25 bits per heavy atom. The Kier molecular flexibility index (Phi) is 21.4. The summed E-state index contributed by atoms with van der Waals surface area (Å²) in [5.41, 5.74) is 0. The molecule has 24 valence electrons. The van der Waals surface area contributed by atoms with E-state index >= 15 is 0 Å². The molecule has 0 N–H and O–H groups in total. The van der Waals surface area contributed by atoms with Gasteiger partial charge in [0.2, 0.25) is 0 Å². The van der Waals surface area contributed by atoms with Gasteiger partial charge < -0.3 is 0 Å². The largest absolute Gasteiger partial charge is 0.335 e. The molecule has 4 heteroatoms. The van der Waals surface area contributed by atoms with Gasteiger partial charge in [-0.15, -0.1) is 0 Å². The molecule has 0 spiro atoms. The van der Waals surface area contributed by atoms with Crippen LogP contribution < -0.4 is 0 Å². The minimum Gasteiger partial charge on any atom is -0.168 e. The van der Waals surface area contributed by atoms with Gasteiger partial charge in [-0.05, 0) is 0 Å². The van der Waals surface area contributed by atoms with Gasteiger partial charge in [0.1, 0.15) is 0 Å². The van der Waals surface area contributed by atoms with Crippen molar-refractivity contribution in [2.45, 2.75) is 0 Å². The summed E-state index contributed by atoms with van der Waals surface area (Å²) in [6.07, 6.45) is 0. The first-order chi connectivity index (χ1) is 1.41. The number of rotatable bonds is 0. The van der Waals surface area contributed by atoms with E-state index in [0.29, 0.717) is 0 Å². The Balaban J connectivity index is 0. The van der Waals surface area contributed by atoms with Crippen molar-refractivity contribution in [3.05, 3.63) is 0 Å². The van der Waals surface area contributed by atoms with Crippen molar-refractivity contribution in [3.63, 3.8) is 0 Å². The third kappa shape index (κ3) is 22.1. The molecule has 0 rings (SSSR count). The van der Waals surface area contributed by atoms with Gasteiger partial charge in [0, 0.05) is 21.1 Å². The third-order valence-corrected chi connectivity index (χ3v) is 0. The quantitative estimate of drug-likeness (QED) is 0.569. The van der Waals surface area contributed by atoms with Gasteiger partial charge in [-0.25, -0.2) is 0 Å². The summed E-state index contributed by atoms with van der Waals surface area (Å²) in [4.78, 5) is 0. The van der Waals surface area contributed by atoms with E-state index in [-0.39, 0.29) is 21.1 Å². The zero-order valence-electron chi connectivity index (χ0n) is 1.63. The fourth-order valence-corrected chi connectivity index (χ4v) is 0. The van der Waals surface area contributed by atoms with Crippen LogP contribution in [0.15, 0.2) is 0 Å². The second-order valence-corrected chi connectivity index (χ2v) is 0.204. The van der Waals surface area contributed by atoms with Gasteiger partial charge in [-0.3, -0.25) is 0 Å². The first-order valence-corrected chi connectivity index (χ1v) is 1.00. The summed E-state index contributed by atoms with van der Waals surface area (Å²) in [6, 6.07) is 0. The monoisotopic (exact) mass is 248 g/mol. The van der Waals surface area contributed by atoms with E-state index in [2.05, 4.69) is 0 Å². The van der Waals surface area contributed by atoms with Crippen LogP contribution in [0.1, 0.15) is 0 Å². The average molecular weight is 248 g/mol. The molecule has 0 aromatic heterocycles. The van der Waals surface area contributed by atoms with Crippen LogP contribution >= 0.6 is 0 Å². The van der Waals surface area contributed by atoms with Crippen LogP contribution in [0, 0.1) is 0 Å². The van der Waals surface area contributed by atoms with Gasteiger partial charge in [0.15, 0.2) is 0 Å². The van der Waals surface area contributed by atoms with Crippen LogP contribution in [-0.2, 0) is 32.6 Å². The van der Waals surface area contributed by atoms with Crippen molar-refractivity contribution in [2.24, 2.45) is 0 Å². The van der Waals surface area contributed by atoms with E-state index in [1.54, 1.807) is 0 Å². The molecule has 4 heavy (non-hydrogen) atoms. The fraction of sp³-hybridized carbons (Fsp3) is 0. The van der Waals surface area contributed by atoms with Crippen molar-refractivity contribution >= 4 is 11.6 Å². The summed E-state index contributed by atoms with van der Waals surface area (Å²) in [5.74, 6) is 0. The van der Waals surface area contributed by atoms with Crippen molar-refractivity contribution in [1.82, 2.24) is 0 Å². The summed E-state index contributed by atoms with van der Waals surface area (Å²) >= 11 is -0.750. The zero-order chi connectivity index (χ0) is 2.71. The van der Waals surface area contributed by atoms with Crippen LogP contribution in [0.4, 0.5) is 0 Å². The molecular formula is O2SW. The summed E-state index contributed by atoms with van der Waals surface area (Å²) < 4.78 is 16.6. The molecule has 0 aromatic rings. The predicted molar refractivity (Wildman–Crippen MR) is 8.92 cm³/mol. The molecule has 0 atom stereocenters. The van der Waals surface area contributed by atoms with Gasteiger partial charge in [0.05, 0.1) is 0 Å². The van der Waals surface area contributed by atoms with E-state index < -0.39 is 11.6 Å². The van der Waals surface area contributed by atoms with Gasteiger partial charge in [0.25, 0.3) is 0 Å². The minimum atomic E-state index is -0.750. The fourth-order valence-electron chi connectivity index (χ4n) is 0. The summed E-state index contributed by atoms with van der Waals surface area (Å²) in [6.45, 7) is 0. The van der Waals surface area contributed by atoms with Crippen LogP contribution in [0.5, 0.6) is 0 Å². The van der Waals surface area contributed by atoms with Crippen LogP contribution in [-0.4, -0.2) is 8.42 Å². The molecule has 0 aromatic carbocycles. The maximum atomic E-state index is 8.29. The summed E-state index contributed by atoms with van der Waals surface area (Å²) in [7, 11) is 0. The maximum Gasteiger partial charge on any atom is 0.335 e. The van der Waals surface area contributed by atoms with Gasteiger partial charge >= 0.3 is 11.6 Å². The molecule has 0 unspecified atom stereocenters. The topological polar surface area (TPSA) is 34.1 Å². The van der Waals surface area contributed by atoms with Crippen molar-refractivity contribution in [1.29, 1.82) is 0 Å². The minimum absolute atomic E-state index is 0. The molecule has 0 aliphatic carbocycles. The van der Waals surface area contributed by atoms with Crippen LogP contribution in [0.2, 0.25) is 0 Å². The summed E-state index contributed by atoms with van der Waals surface area (Å²) in [5, 5.41) is 0. The molecule has 0 saturated heterocycles. The number of hydrogen-bond acceptors (Lipinski definition) is 2. The van der Waals surface area contributed by atoms with E-state index in [1.807, 2.05) is 0 Å². The Morgan fingerprint density at radius 1 is 1.25 bits per heavy atom. The van der Waals surface area contributed by atoms with Crippen LogP contribution in [0.25, 0.3) is 0 Å². The molecule has 0 radical (unpaired) electrons. The molecule has 0 bridgehead atoms. The Hall–Kier alpha value is 0.508. The normalized spacial score (nSPS) is 3.00. The standard InChI is InChI=1S/O2S.W/c1-3-2;. The smallest absolute Gasteiger partial charge is 0.168 e. The van der Waals surface area contributed by atoms with Crippen molar-refractivity contribution < 1.29 is 29.5 Å². The molecule has 2 nitrogen and oxygen atoms in total. The van der Waals surface area contributed by atoms with E-state index in [0.717, 1.165) is 0 Å². The molecule has 0 saturated carbocycles. The van der Waals surface area contributed by atoms with Gasteiger partial charge in [-0.2, -0.15) is 8.42 Å². The first kappa shape index (κ1) is 8.82. The Labute approximate surface area is 41.5 Å². The van der Waals surface area contributed by atoms with Crippen LogP contribution in [0.3, 0.4) is 0 Å². The zero-order valence-corrected chi connectivity index (χ0v) is 5.38. The molecule has 0 heterocycles. The first-order valence-electron chi connectivity index (χ1n) is 0.333. The van der Waals surface area contributed by atoms with Crippen molar-refractivity contribution in [2.75, 3.05) is 0 Å². The van der Waals surface area contributed by atoms with E-state index in [1.165, 1.54) is 0 Å². The molecule has 0 aliphatic heterocycles. The molecule has 0 fully saturated rings. The molecular weight excluding hydrogens is 248 g/mol. The second kappa shape index (κ2) is 9.70. The van der Waals surface area contributed by atoms with E-state index in [9.17, 15) is 0 Å². The Bertz CT molecular complexity index is 27.0. The Morgan fingerprint density at radius 3 is 1.25 bits per heavy atom. The molecule has 0 aliphatic rings. The second-order valence-electron chi connectivity index (χ2n) is 0.0680. The number of hydrogen-bond donors (Lipinski definition) is 0. The van der Waals surface area contributed by atoms with Crippen molar-refractivity contribution in [3.8, 4) is 0 Å². The molecule has 0 amide bonds. The average Bonchev–Trinajstić information content (AvgIpc) is 0.918. The van der Waals surface area contributed by atoms with E-state index in [4.69, 9.17) is 8.42 Å². The SMILES string of the molecule is O=S=O.[W]. The maximum absolute atomic E-state index is 8.29. The van der Waals surface area contributed by atoms with Gasteiger partial charge in [-0.1, -0.05) is 0 Å². The predicted octanol–water partition coefficient (Wildman–Crippen LogP) is -0.673.